The largest absolute Gasteiger partial charge is 0.384 e. The summed E-state index contributed by atoms with van der Waals surface area (Å²) in [5.74, 6) is -0.627. The first-order chi connectivity index (χ1) is 7.29. The van der Waals surface area contributed by atoms with Crippen molar-refractivity contribution in [2.24, 2.45) is 7.05 Å². The monoisotopic (exact) mass is 246 g/mol. The van der Waals surface area contributed by atoms with Gasteiger partial charge in [-0.2, -0.15) is 5.10 Å². The molecule has 0 fully saturated rings. The zero-order valence-electron chi connectivity index (χ0n) is 9.10. The van der Waals surface area contributed by atoms with Crippen LogP contribution in [-0.4, -0.2) is 36.1 Å². The minimum atomic E-state index is -3.30. The molecule has 1 aromatic heterocycles. The summed E-state index contributed by atoms with van der Waals surface area (Å²) >= 11 is 0. The van der Waals surface area contributed by atoms with Crippen molar-refractivity contribution in [3.05, 3.63) is 11.8 Å². The number of aromatic nitrogens is 2. The fourth-order valence-electron chi connectivity index (χ4n) is 1.11. The number of hydrogen-bond acceptors (Lipinski definition) is 5. The van der Waals surface area contributed by atoms with Gasteiger partial charge in [-0.25, -0.2) is 8.42 Å². The van der Waals surface area contributed by atoms with E-state index in [4.69, 9.17) is 5.73 Å². The molecular formula is C8H14N4O3S. The fraction of sp³-hybridized carbons (Fsp3) is 0.500. The molecule has 0 radical (unpaired) electrons. The topological polar surface area (TPSA) is 107 Å². The Kier molecular flexibility index (Phi) is 3.53. The van der Waals surface area contributed by atoms with E-state index in [-0.39, 0.29) is 6.54 Å². The summed E-state index contributed by atoms with van der Waals surface area (Å²) in [6, 6.07) is 0. The van der Waals surface area contributed by atoms with Crippen molar-refractivity contribution in [2.45, 2.75) is 6.54 Å². The van der Waals surface area contributed by atoms with E-state index in [0.717, 1.165) is 6.26 Å². The molecule has 0 aromatic carbocycles. The van der Waals surface area contributed by atoms with Gasteiger partial charge in [-0.15, -0.1) is 0 Å². The van der Waals surface area contributed by atoms with Gasteiger partial charge in [0.2, 0.25) is 5.91 Å². The molecule has 1 rings (SSSR count). The first kappa shape index (κ1) is 12.5. The first-order valence-electron chi connectivity index (χ1n) is 4.50. The average Bonchev–Trinajstić information content (AvgIpc) is 2.42. The summed E-state index contributed by atoms with van der Waals surface area (Å²) in [6.07, 6.45) is 2.53. The SMILES string of the molecule is Cn1ncc(CNC(=O)CS(C)(=O)=O)c1N. The van der Waals surface area contributed by atoms with Crippen LogP contribution in [0, 0.1) is 0 Å². The average molecular weight is 246 g/mol. The number of anilines is 1. The zero-order valence-corrected chi connectivity index (χ0v) is 9.91. The van der Waals surface area contributed by atoms with E-state index in [9.17, 15) is 13.2 Å². The Labute approximate surface area is 93.5 Å². The van der Waals surface area contributed by atoms with Gasteiger partial charge in [-0.1, -0.05) is 0 Å². The number of amides is 1. The van der Waals surface area contributed by atoms with Crippen LogP contribution in [0.3, 0.4) is 0 Å². The number of nitrogens with zero attached hydrogens (tertiary/aromatic N) is 2. The molecule has 0 aliphatic rings. The van der Waals surface area contributed by atoms with Gasteiger partial charge in [0.05, 0.1) is 6.20 Å². The van der Waals surface area contributed by atoms with E-state index < -0.39 is 21.5 Å². The van der Waals surface area contributed by atoms with Crippen LogP contribution in [0.1, 0.15) is 5.56 Å². The van der Waals surface area contributed by atoms with Gasteiger partial charge in [0, 0.05) is 25.4 Å². The van der Waals surface area contributed by atoms with Gasteiger partial charge in [-0.05, 0) is 0 Å². The van der Waals surface area contributed by atoms with Gasteiger partial charge in [0.15, 0.2) is 9.84 Å². The number of sulfone groups is 1. The van der Waals surface area contributed by atoms with Crippen LogP contribution in [0.4, 0.5) is 5.82 Å². The van der Waals surface area contributed by atoms with Crippen molar-refractivity contribution in [1.29, 1.82) is 0 Å². The number of nitrogens with two attached hydrogens (primary N) is 1. The van der Waals surface area contributed by atoms with Gasteiger partial charge < -0.3 is 11.1 Å². The maximum Gasteiger partial charge on any atom is 0.235 e. The van der Waals surface area contributed by atoms with E-state index in [1.54, 1.807) is 7.05 Å². The maximum absolute atomic E-state index is 11.2. The second-order valence-electron chi connectivity index (χ2n) is 3.53. The Bertz CT molecular complexity index is 491. The Hall–Kier alpha value is -1.57. The number of nitrogens with one attached hydrogen (secondary N) is 1. The fourth-order valence-corrected chi connectivity index (χ4v) is 1.69. The first-order valence-corrected chi connectivity index (χ1v) is 6.56. The minimum Gasteiger partial charge on any atom is -0.384 e. The van der Waals surface area contributed by atoms with Crippen molar-refractivity contribution in [3.8, 4) is 0 Å². The van der Waals surface area contributed by atoms with E-state index >= 15 is 0 Å². The van der Waals surface area contributed by atoms with E-state index in [0.29, 0.717) is 11.4 Å². The molecular weight excluding hydrogens is 232 g/mol. The zero-order chi connectivity index (χ0) is 12.3. The summed E-state index contributed by atoms with van der Waals surface area (Å²) in [5.41, 5.74) is 6.30. The van der Waals surface area contributed by atoms with Gasteiger partial charge in [0.1, 0.15) is 11.6 Å². The minimum absolute atomic E-state index is 0.175. The molecule has 0 bridgehead atoms. The molecule has 0 aliphatic heterocycles. The summed E-state index contributed by atoms with van der Waals surface area (Å²) in [5, 5.41) is 6.35. The molecule has 8 heteroatoms. The molecule has 0 aliphatic carbocycles. The molecule has 1 heterocycles. The molecule has 0 atom stereocenters. The lowest BCUT2D eigenvalue weighted by molar-refractivity contribution is -0.118. The lowest BCUT2D eigenvalue weighted by Crippen LogP contribution is -2.29. The van der Waals surface area contributed by atoms with Gasteiger partial charge in [-0.3, -0.25) is 9.48 Å². The predicted octanol–water partition coefficient (Wildman–Crippen LogP) is -1.34. The third-order valence-corrected chi connectivity index (χ3v) is 2.72. The summed E-state index contributed by atoms with van der Waals surface area (Å²) in [4.78, 5) is 11.2. The standard InChI is InChI=1S/C8H14N4O3S/c1-12-8(9)6(4-11-12)3-10-7(13)5-16(2,14)15/h4H,3,5,9H2,1-2H3,(H,10,13). The van der Waals surface area contributed by atoms with Crippen LogP contribution in [0.25, 0.3) is 0 Å². The highest BCUT2D eigenvalue weighted by Crippen LogP contribution is 2.08. The lowest BCUT2D eigenvalue weighted by atomic mass is 10.3. The molecule has 0 saturated carbocycles. The second kappa shape index (κ2) is 4.52. The third-order valence-electron chi connectivity index (χ3n) is 1.93. The summed E-state index contributed by atoms with van der Waals surface area (Å²) < 4.78 is 23.1. The van der Waals surface area contributed by atoms with Crippen molar-refractivity contribution in [2.75, 3.05) is 17.7 Å². The lowest BCUT2D eigenvalue weighted by Gasteiger charge is -2.03. The normalized spacial score (nSPS) is 11.4. The van der Waals surface area contributed by atoms with Crippen molar-refractivity contribution in [3.63, 3.8) is 0 Å². The second-order valence-corrected chi connectivity index (χ2v) is 5.67. The highest BCUT2D eigenvalue weighted by atomic mass is 32.2. The number of rotatable bonds is 4. The smallest absolute Gasteiger partial charge is 0.235 e. The number of aryl methyl sites for hydroxylation is 1. The number of carbonyl (C=O) groups is 1. The van der Waals surface area contributed by atoms with Crippen molar-refractivity contribution in [1.82, 2.24) is 15.1 Å². The molecule has 1 aromatic rings. The summed E-state index contributed by atoms with van der Waals surface area (Å²) in [6.45, 7) is 0.175. The quantitative estimate of drug-likeness (QED) is 0.684. The van der Waals surface area contributed by atoms with Crippen LogP contribution in [0.2, 0.25) is 0 Å². The highest BCUT2D eigenvalue weighted by Gasteiger charge is 2.11. The molecule has 0 unspecified atom stereocenters. The van der Waals surface area contributed by atoms with Crippen LogP contribution in [0.5, 0.6) is 0 Å². The van der Waals surface area contributed by atoms with Crippen molar-refractivity contribution >= 4 is 21.6 Å². The Morgan fingerprint density at radius 3 is 2.69 bits per heavy atom. The molecule has 0 saturated heterocycles. The molecule has 7 nitrogen and oxygen atoms in total. The van der Waals surface area contributed by atoms with Crippen LogP contribution < -0.4 is 11.1 Å². The van der Waals surface area contributed by atoms with Crippen molar-refractivity contribution < 1.29 is 13.2 Å². The Balaban J connectivity index is 2.53. The molecule has 1 amide bonds. The van der Waals surface area contributed by atoms with Crippen LogP contribution >= 0.6 is 0 Å². The summed E-state index contributed by atoms with van der Waals surface area (Å²) in [7, 11) is -1.62. The third kappa shape index (κ3) is 3.54. The van der Waals surface area contributed by atoms with Crippen LogP contribution in [0.15, 0.2) is 6.20 Å². The number of hydrogen-bond donors (Lipinski definition) is 2. The van der Waals surface area contributed by atoms with Gasteiger partial charge >= 0.3 is 0 Å². The highest BCUT2D eigenvalue weighted by molar-refractivity contribution is 7.91. The maximum atomic E-state index is 11.2. The predicted molar refractivity (Wildman–Crippen MR) is 59.2 cm³/mol. The molecule has 16 heavy (non-hydrogen) atoms. The molecule has 90 valence electrons. The molecule has 0 spiro atoms. The Morgan fingerprint density at radius 1 is 1.62 bits per heavy atom. The number of carbonyl (C=O) groups excluding carboxylic acids is 1. The van der Waals surface area contributed by atoms with E-state index in [1.807, 2.05) is 0 Å². The Morgan fingerprint density at radius 2 is 2.25 bits per heavy atom. The van der Waals surface area contributed by atoms with E-state index in [2.05, 4.69) is 10.4 Å². The van der Waals surface area contributed by atoms with Gasteiger partial charge in [0.25, 0.3) is 0 Å². The number of nitrogen functional groups attached to an aromatic ring is 1. The van der Waals surface area contributed by atoms with Crippen LogP contribution in [-0.2, 0) is 28.2 Å². The molecule has 3 N–H and O–H groups in total. The van der Waals surface area contributed by atoms with E-state index in [1.165, 1.54) is 10.9 Å².